The standard InChI is InChI=1S/C14H28N2OS/c1-12(18(3)17)7-10-16-9-4-8-15-14(2,11-16)13-5-6-13/h12-13,15H,4-11H2,1-3H3. The summed E-state index contributed by atoms with van der Waals surface area (Å²) in [6.45, 7) is 9.11. The molecule has 4 heteroatoms. The minimum Gasteiger partial charge on any atom is -0.310 e. The van der Waals surface area contributed by atoms with Crippen molar-refractivity contribution in [3.8, 4) is 0 Å². The summed E-state index contributed by atoms with van der Waals surface area (Å²) < 4.78 is 11.4. The van der Waals surface area contributed by atoms with Crippen LogP contribution in [0.1, 0.15) is 39.5 Å². The first kappa shape index (κ1) is 14.5. The summed E-state index contributed by atoms with van der Waals surface area (Å²) in [5.41, 5.74) is 0.325. The summed E-state index contributed by atoms with van der Waals surface area (Å²) in [5.74, 6) is 0.885. The highest BCUT2D eigenvalue weighted by atomic mass is 32.2. The largest absolute Gasteiger partial charge is 0.310 e. The average Bonchev–Trinajstić information content (AvgIpc) is 3.13. The van der Waals surface area contributed by atoms with Gasteiger partial charge in [0, 0.05) is 34.4 Å². The topological polar surface area (TPSA) is 32.3 Å². The highest BCUT2D eigenvalue weighted by Crippen LogP contribution is 2.40. The molecular formula is C14H28N2OS. The predicted octanol–water partition coefficient (Wildman–Crippen LogP) is 1.61. The molecule has 1 heterocycles. The molecule has 3 nitrogen and oxygen atoms in total. The van der Waals surface area contributed by atoms with Crippen LogP contribution < -0.4 is 5.32 Å². The van der Waals surface area contributed by atoms with Crippen LogP contribution in [0, 0.1) is 5.92 Å². The fourth-order valence-electron chi connectivity index (χ4n) is 2.99. The second kappa shape index (κ2) is 6.02. The van der Waals surface area contributed by atoms with Crippen LogP contribution in [0.15, 0.2) is 0 Å². The maximum absolute atomic E-state index is 11.4. The Balaban J connectivity index is 1.85. The van der Waals surface area contributed by atoms with E-state index in [0.717, 1.165) is 25.4 Å². The Morgan fingerprint density at radius 2 is 2.22 bits per heavy atom. The summed E-state index contributed by atoms with van der Waals surface area (Å²) in [6.07, 6.45) is 6.91. The molecule has 1 saturated heterocycles. The second-order valence-corrected chi connectivity index (χ2v) is 8.15. The number of hydrogen-bond donors (Lipinski definition) is 1. The van der Waals surface area contributed by atoms with E-state index < -0.39 is 10.8 Å². The summed E-state index contributed by atoms with van der Waals surface area (Å²) in [5, 5.41) is 4.09. The van der Waals surface area contributed by atoms with Gasteiger partial charge in [-0.15, -0.1) is 0 Å². The molecule has 0 amide bonds. The third-order valence-electron chi connectivity index (χ3n) is 4.63. The lowest BCUT2D eigenvalue weighted by molar-refractivity contribution is 0.199. The Morgan fingerprint density at radius 1 is 1.50 bits per heavy atom. The van der Waals surface area contributed by atoms with Crippen LogP contribution in [0.25, 0.3) is 0 Å². The Kier molecular flexibility index (Phi) is 4.84. The van der Waals surface area contributed by atoms with Crippen molar-refractivity contribution in [2.45, 2.75) is 50.3 Å². The zero-order valence-electron chi connectivity index (χ0n) is 12.1. The number of rotatable bonds is 5. The minimum absolute atomic E-state index is 0.325. The monoisotopic (exact) mass is 272 g/mol. The molecular weight excluding hydrogens is 244 g/mol. The molecule has 18 heavy (non-hydrogen) atoms. The molecule has 2 aliphatic rings. The van der Waals surface area contributed by atoms with Gasteiger partial charge in [0.05, 0.1) is 0 Å². The smallest absolute Gasteiger partial charge is 0.0329 e. The van der Waals surface area contributed by atoms with Crippen LogP contribution in [-0.4, -0.2) is 52.3 Å². The molecule has 3 atom stereocenters. The third-order valence-corrected chi connectivity index (χ3v) is 6.00. The van der Waals surface area contributed by atoms with Gasteiger partial charge >= 0.3 is 0 Å². The number of nitrogens with one attached hydrogen (secondary N) is 1. The maximum atomic E-state index is 11.4. The van der Waals surface area contributed by atoms with Crippen LogP contribution in [0.5, 0.6) is 0 Å². The fraction of sp³-hybridized carbons (Fsp3) is 1.00. The highest BCUT2D eigenvalue weighted by molar-refractivity contribution is 7.84. The minimum atomic E-state index is -0.677. The molecule has 1 N–H and O–H groups in total. The van der Waals surface area contributed by atoms with E-state index in [2.05, 4.69) is 24.1 Å². The van der Waals surface area contributed by atoms with Crippen molar-refractivity contribution in [1.29, 1.82) is 0 Å². The van der Waals surface area contributed by atoms with Crippen molar-refractivity contribution >= 4 is 10.8 Å². The van der Waals surface area contributed by atoms with Gasteiger partial charge < -0.3 is 10.2 Å². The second-order valence-electron chi connectivity index (χ2n) is 6.35. The SMILES string of the molecule is CC(CCN1CCCNC(C)(C2CC2)C1)S(C)=O. The van der Waals surface area contributed by atoms with Crippen LogP contribution in [0.4, 0.5) is 0 Å². The molecule has 1 saturated carbocycles. The van der Waals surface area contributed by atoms with Gasteiger partial charge in [0.25, 0.3) is 0 Å². The van der Waals surface area contributed by atoms with E-state index in [9.17, 15) is 4.21 Å². The molecule has 0 aromatic rings. The molecule has 106 valence electrons. The van der Waals surface area contributed by atoms with E-state index in [0.29, 0.717) is 10.8 Å². The fourth-order valence-corrected chi connectivity index (χ4v) is 3.43. The molecule has 0 bridgehead atoms. The Hall–Kier alpha value is 0.0700. The normalized spacial score (nSPS) is 33.9. The lowest BCUT2D eigenvalue weighted by Gasteiger charge is -2.34. The van der Waals surface area contributed by atoms with Crippen molar-refractivity contribution in [2.24, 2.45) is 5.92 Å². The molecule has 2 fully saturated rings. The quantitative estimate of drug-likeness (QED) is 0.825. The van der Waals surface area contributed by atoms with Gasteiger partial charge in [-0.2, -0.15) is 0 Å². The van der Waals surface area contributed by atoms with Crippen molar-refractivity contribution in [1.82, 2.24) is 10.2 Å². The molecule has 0 radical (unpaired) electrons. The lowest BCUT2D eigenvalue weighted by Crippen LogP contribution is -2.51. The first-order valence-electron chi connectivity index (χ1n) is 7.31. The summed E-state index contributed by atoms with van der Waals surface area (Å²) in [6, 6.07) is 0. The van der Waals surface area contributed by atoms with E-state index in [1.54, 1.807) is 0 Å². The first-order chi connectivity index (χ1) is 8.51. The summed E-state index contributed by atoms with van der Waals surface area (Å²) >= 11 is 0. The zero-order valence-corrected chi connectivity index (χ0v) is 12.9. The van der Waals surface area contributed by atoms with E-state index in [1.165, 1.54) is 32.4 Å². The van der Waals surface area contributed by atoms with Crippen molar-refractivity contribution in [3.63, 3.8) is 0 Å². The van der Waals surface area contributed by atoms with E-state index >= 15 is 0 Å². The van der Waals surface area contributed by atoms with Crippen molar-refractivity contribution < 1.29 is 4.21 Å². The summed E-state index contributed by atoms with van der Waals surface area (Å²) in [4.78, 5) is 2.58. The first-order valence-corrected chi connectivity index (χ1v) is 8.93. The van der Waals surface area contributed by atoms with Crippen molar-refractivity contribution in [2.75, 3.05) is 32.4 Å². The van der Waals surface area contributed by atoms with Gasteiger partial charge in [0.15, 0.2) is 0 Å². The third kappa shape index (κ3) is 3.78. The van der Waals surface area contributed by atoms with Crippen molar-refractivity contribution in [3.05, 3.63) is 0 Å². The Bertz CT molecular complexity index is 306. The zero-order chi connectivity index (χ0) is 13.2. The van der Waals surface area contributed by atoms with Crippen LogP contribution in [0.2, 0.25) is 0 Å². The molecule has 0 spiro atoms. The maximum Gasteiger partial charge on any atom is 0.0329 e. The predicted molar refractivity (Wildman–Crippen MR) is 78.3 cm³/mol. The molecule has 1 aliphatic carbocycles. The van der Waals surface area contributed by atoms with Gasteiger partial charge in [-0.25, -0.2) is 0 Å². The molecule has 2 rings (SSSR count). The highest BCUT2D eigenvalue weighted by Gasteiger charge is 2.42. The van der Waals surface area contributed by atoms with Crippen LogP contribution in [-0.2, 0) is 10.8 Å². The van der Waals surface area contributed by atoms with Gasteiger partial charge in [0.2, 0.25) is 0 Å². The van der Waals surface area contributed by atoms with Crippen LogP contribution >= 0.6 is 0 Å². The summed E-state index contributed by atoms with van der Waals surface area (Å²) in [7, 11) is -0.677. The number of hydrogen-bond acceptors (Lipinski definition) is 3. The molecule has 3 unspecified atom stereocenters. The number of nitrogens with zero attached hydrogens (tertiary/aromatic N) is 1. The van der Waals surface area contributed by atoms with E-state index in [1.807, 2.05) is 6.26 Å². The molecule has 0 aromatic carbocycles. The van der Waals surface area contributed by atoms with Gasteiger partial charge in [0.1, 0.15) is 0 Å². The van der Waals surface area contributed by atoms with Gasteiger partial charge in [-0.1, -0.05) is 6.92 Å². The van der Waals surface area contributed by atoms with Gasteiger partial charge in [-0.3, -0.25) is 4.21 Å². The Morgan fingerprint density at radius 3 is 2.83 bits per heavy atom. The Labute approximate surface area is 114 Å². The van der Waals surface area contributed by atoms with Crippen LogP contribution in [0.3, 0.4) is 0 Å². The van der Waals surface area contributed by atoms with E-state index in [4.69, 9.17) is 0 Å². The van der Waals surface area contributed by atoms with Gasteiger partial charge in [-0.05, 0) is 58.2 Å². The lowest BCUT2D eigenvalue weighted by atomic mass is 9.95. The molecule has 0 aromatic heterocycles. The van der Waals surface area contributed by atoms with E-state index in [-0.39, 0.29) is 0 Å². The molecule has 1 aliphatic heterocycles. The average molecular weight is 272 g/mol.